The Kier molecular flexibility index (Phi) is 7.01. The van der Waals surface area contributed by atoms with E-state index in [9.17, 15) is 9.90 Å². The Morgan fingerprint density at radius 2 is 1.72 bits per heavy atom. The van der Waals surface area contributed by atoms with Crippen LogP contribution >= 0.6 is 11.6 Å². The van der Waals surface area contributed by atoms with Crippen molar-refractivity contribution >= 4 is 28.5 Å². The molecule has 1 aliphatic carbocycles. The molecule has 4 aromatic rings. The zero-order valence-electron chi connectivity index (χ0n) is 20.7. The number of fused-ring (bicyclic) bond motifs is 1. The van der Waals surface area contributed by atoms with Gasteiger partial charge in [-0.3, -0.25) is 0 Å². The lowest BCUT2D eigenvalue weighted by Gasteiger charge is -2.31. The molecule has 0 aliphatic heterocycles. The molecular formula is C30H31ClN2O3. The van der Waals surface area contributed by atoms with Crippen LogP contribution in [0.1, 0.15) is 65.2 Å². The van der Waals surface area contributed by atoms with E-state index in [0.29, 0.717) is 17.5 Å². The Hall–Kier alpha value is -3.31. The lowest BCUT2D eigenvalue weighted by molar-refractivity contribution is 0.0696. The zero-order chi connectivity index (χ0) is 25.2. The van der Waals surface area contributed by atoms with Gasteiger partial charge < -0.3 is 9.84 Å². The minimum absolute atomic E-state index is 0.131. The van der Waals surface area contributed by atoms with Crippen molar-refractivity contribution in [3.63, 3.8) is 0 Å². The molecule has 1 saturated carbocycles. The molecule has 1 aromatic heterocycles. The molecule has 0 saturated heterocycles. The number of carboxylic acids is 1. The van der Waals surface area contributed by atoms with E-state index in [0.717, 1.165) is 52.0 Å². The van der Waals surface area contributed by atoms with Crippen LogP contribution in [0.15, 0.2) is 60.7 Å². The van der Waals surface area contributed by atoms with Crippen LogP contribution in [0.3, 0.4) is 0 Å². The summed E-state index contributed by atoms with van der Waals surface area (Å²) in [5.41, 5.74) is 5.06. The number of aromatic nitrogens is 2. The summed E-state index contributed by atoms with van der Waals surface area (Å²) in [5, 5.41) is 16.3. The predicted octanol–water partition coefficient (Wildman–Crippen LogP) is 7.74. The second-order valence-electron chi connectivity index (χ2n) is 9.85. The molecule has 5 nitrogen and oxygen atoms in total. The Balaban J connectivity index is 1.59. The van der Waals surface area contributed by atoms with Gasteiger partial charge in [0.05, 0.1) is 29.1 Å². The van der Waals surface area contributed by atoms with E-state index in [4.69, 9.17) is 21.4 Å². The van der Waals surface area contributed by atoms with Crippen LogP contribution < -0.4 is 4.74 Å². The summed E-state index contributed by atoms with van der Waals surface area (Å²) in [6.45, 7) is 4.33. The number of carboxylic acid groups (broad SMARTS) is 1. The smallest absolute Gasteiger partial charge is 0.335 e. The van der Waals surface area contributed by atoms with Crippen molar-refractivity contribution in [1.29, 1.82) is 0 Å². The van der Waals surface area contributed by atoms with E-state index in [2.05, 4.69) is 22.9 Å². The maximum absolute atomic E-state index is 11.5. The van der Waals surface area contributed by atoms with Crippen molar-refractivity contribution in [2.24, 2.45) is 5.92 Å². The zero-order valence-corrected chi connectivity index (χ0v) is 21.5. The summed E-state index contributed by atoms with van der Waals surface area (Å²) in [5.74, 6) is 0.448. The third-order valence-electron chi connectivity index (χ3n) is 7.37. The fraction of sp³-hybridized carbons (Fsp3) is 0.333. The molecule has 1 N–H and O–H groups in total. The highest BCUT2D eigenvalue weighted by atomic mass is 35.5. The number of benzene rings is 3. The molecular weight excluding hydrogens is 472 g/mol. The number of halogens is 1. The molecule has 1 heterocycles. The molecule has 36 heavy (non-hydrogen) atoms. The fourth-order valence-corrected chi connectivity index (χ4v) is 5.76. The topological polar surface area (TPSA) is 64.3 Å². The minimum Gasteiger partial charge on any atom is -0.492 e. The largest absolute Gasteiger partial charge is 0.492 e. The predicted molar refractivity (Wildman–Crippen MR) is 144 cm³/mol. The number of hydrogen-bond donors (Lipinski definition) is 1. The Morgan fingerprint density at radius 3 is 2.39 bits per heavy atom. The monoisotopic (exact) mass is 502 g/mol. The van der Waals surface area contributed by atoms with Gasteiger partial charge in [0.1, 0.15) is 5.75 Å². The molecule has 1 aliphatic rings. The third kappa shape index (κ3) is 4.85. The van der Waals surface area contributed by atoms with E-state index in [1.54, 1.807) is 12.1 Å². The van der Waals surface area contributed by atoms with Crippen molar-refractivity contribution in [2.45, 2.75) is 51.9 Å². The SMILES string of the molecule is Cc1cc(C(=O)O)cc(C)c1OCC(c1c2ccccc2nn1-c1ccc(Cl)cc1)C1CCCCC1. The summed E-state index contributed by atoms with van der Waals surface area (Å²) in [4.78, 5) is 11.5. The Bertz CT molecular complexity index is 1360. The molecule has 5 rings (SSSR count). The molecule has 1 atom stereocenters. The highest BCUT2D eigenvalue weighted by Crippen LogP contribution is 2.40. The summed E-state index contributed by atoms with van der Waals surface area (Å²) in [7, 11) is 0. The highest BCUT2D eigenvalue weighted by molar-refractivity contribution is 6.30. The maximum Gasteiger partial charge on any atom is 0.335 e. The van der Waals surface area contributed by atoms with Gasteiger partial charge in [-0.25, -0.2) is 9.48 Å². The molecule has 3 aromatic carbocycles. The minimum atomic E-state index is -0.925. The maximum atomic E-state index is 11.5. The van der Waals surface area contributed by atoms with Gasteiger partial charge in [-0.15, -0.1) is 0 Å². The number of nitrogens with zero attached hydrogens (tertiary/aromatic N) is 2. The number of hydrogen-bond acceptors (Lipinski definition) is 3. The molecule has 0 amide bonds. The molecule has 1 fully saturated rings. The molecule has 186 valence electrons. The van der Waals surface area contributed by atoms with E-state index in [-0.39, 0.29) is 11.5 Å². The van der Waals surface area contributed by atoms with Crippen LogP contribution in [0.2, 0.25) is 5.02 Å². The van der Waals surface area contributed by atoms with Crippen LogP contribution in [0.4, 0.5) is 0 Å². The fourth-order valence-electron chi connectivity index (χ4n) is 5.64. The van der Waals surface area contributed by atoms with Gasteiger partial charge in [0, 0.05) is 16.3 Å². The molecule has 0 radical (unpaired) electrons. The second-order valence-corrected chi connectivity index (χ2v) is 10.3. The van der Waals surface area contributed by atoms with Gasteiger partial charge in [-0.1, -0.05) is 49.1 Å². The van der Waals surface area contributed by atoms with Gasteiger partial charge >= 0.3 is 5.97 Å². The van der Waals surface area contributed by atoms with Gasteiger partial charge in [-0.2, -0.15) is 5.10 Å². The first kappa shape index (κ1) is 24.4. The summed E-state index contributed by atoms with van der Waals surface area (Å²) in [6.07, 6.45) is 6.03. The van der Waals surface area contributed by atoms with Crippen molar-refractivity contribution < 1.29 is 14.6 Å². The Labute approximate surface area is 216 Å². The molecule has 1 unspecified atom stereocenters. The number of ether oxygens (including phenoxy) is 1. The van der Waals surface area contributed by atoms with Crippen molar-refractivity contribution in [3.05, 3.63) is 88.1 Å². The van der Waals surface area contributed by atoms with Crippen LogP contribution in [0, 0.1) is 19.8 Å². The average molecular weight is 503 g/mol. The number of aryl methyl sites for hydroxylation is 2. The van der Waals surface area contributed by atoms with Crippen LogP contribution in [-0.2, 0) is 0 Å². The summed E-state index contributed by atoms with van der Waals surface area (Å²) < 4.78 is 8.61. The number of aromatic carboxylic acids is 1. The quantitative estimate of drug-likeness (QED) is 0.280. The molecule has 6 heteroatoms. The van der Waals surface area contributed by atoms with Crippen molar-refractivity contribution in [2.75, 3.05) is 6.61 Å². The first-order valence-corrected chi connectivity index (χ1v) is 13.0. The van der Waals surface area contributed by atoms with Crippen LogP contribution in [0.5, 0.6) is 5.75 Å². The first-order chi connectivity index (χ1) is 17.4. The number of carbonyl (C=O) groups is 1. The van der Waals surface area contributed by atoms with Gasteiger partial charge in [0.15, 0.2) is 0 Å². The lowest BCUT2D eigenvalue weighted by atomic mass is 9.78. The van der Waals surface area contributed by atoms with Crippen molar-refractivity contribution in [1.82, 2.24) is 9.78 Å². The lowest BCUT2D eigenvalue weighted by Crippen LogP contribution is -2.25. The van der Waals surface area contributed by atoms with E-state index in [1.165, 1.54) is 19.3 Å². The van der Waals surface area contributed by atoms with Gasteiger partial charge in [0.25, 0.3) is 0 Å². The molecule has 0 bridgehead atoms. The van der Waals surface area contributed by atoms with E-state index >= 15 is 0 Å². The van der Waals surface area contributed by atoms with Crippen molar-refractivity contribution in [3.8, 4) is 11.4 Å². The third-order valence-corrected chi connectivity index (χ3v) is 7.62. The molecule has 0 spiro atoms. The standard InChI is InChI=1S/C30H31ClN2O3/c1-19-16-22(30(34)35)17-20(2)29(19)36-18-26(21-8-4-3-5-9-21)28-25-10-6-7-11-27(25)32-33(28)24-14-12-23(31)13-15-24/h6-7,10-17,21,26H,3-5,8-9,18H2,1-2H3,(H,34,35). The van der Waals surface area contributed by atoms with E-state index in [1.807, 2.05) is 44.2 Å². The van der Waals surface area contributed by atoms with Gasteiger partial charge in [0.2, 0.25) is 0 Å². The number of rotatable bonds is 7. The normalized spacial score (nSPS) is 15.2. The highest BCUT2D eigenvalue weighted by Gasteiger charge is 2.31. The van der Waals surface area contributed by atoms with Crippen LogP contribution in [-0.4, -0.2) is 27.5 Å². The average Bonchev–Trinajstić information content (AvgIpc) is 3.26. The van der Waals surface area contributed by atoms with Gasteiger partial charge in [-0.05, 0) is 86.2 Å². The van der Waals surface area contributed by atoms with Crippen LogP contribution in [0.25, 0.3) is 16.6 Å². The summed E-state index contributed by atoms with van der Waals surface area (Å²) in [6, 6.07) is 19.5. The van der Waals surface area contributed by atoms with E-state index < -0.39 is 5.97 Å². The second kappa shape index (κ2) is 10.4. The first-order valence-electron chi connectivity index (χ1n) is 12.6. The summed E-state index contributed by atoms with van der Waals surface area (Å²) >= 11 is 6.19. The Morgan fingerprint density at radius 1 is 1.06 bits per heavy atom.